The van der Waals surface area contributed by atoms with Gasteiger partial charge in [-0.15, -0.1) is 0 Å². The lowest BCUT2D eigenvalue weighted by molar-refractivity contribution is -0.340. The summed E-state index contributed by atoms with van der Waals surface area (Å²) in [6.45, 7) is 7.01. The molecule has 146 valence electrons. The molecule has 0 unspecified atom stereocenters. The molecule has 0 saturated carbocycles. The van der Waals surface area contributed by atoms with Crippen LogP contribution in [-0.4, -0.2) is 12.4 Å². The Morgan fingerprint density at radius 1 is 0.593 bits per heavy atom. The van der Waals surface area contributed by atoms with Crippen molar-refractivity contribution < 1.29 is 26.3 Å². The normalized spacial score (nSPS) is 16.5. The molecule has 0 heterocycles. The SMILES string of the molecule is Cc1cc2c(cc1C)-c1cc(C)c(C)cc1CC(C(F)(F)F)(C(F)(F)F)C2. The van der Waals surface area contributed by atoms with Crippen molar-refractivity contribution in [3.63, 3.8) is 0 Å². The van der Waals surface area contributed by atoms with Crippen LogP contribution in [0.5, 0.6) is 0 Å². The summed E-state index contributed by atoms with van der Waals surface area (Å²) >= 11 is 0. The van der Waals surface area contributed by atoms with Gasteiger partial charge in [0.15, 0.2) is 5.41 Å². The molecule has 0 atom stereocenters. The summed E-state index contributed by atoms with van der Waals surface area (Å²) in [5.74, 6) is 0. The van der Waals surface area contributed by atoms with Crippen molar-refractivity contribution in [1.29, 1.82) is 0 Å². The number of halogens is 6. The molecule has 0 fully saturated rings. The molecule has 0 aliphatic heterocycles. The highest BCUT2D eigenvalue weighted by molar-refractivity contribution is 5.74. The Labute approximate surface area is 154 Å². The molecule has 0 nitrogen and oxygen atoms in total. The summed E-state index contributed by atoms with van der Waals surface area (Å²) in [7, 11) is 0. The summed E-state index contributed by atoms with van der Waals surface area (Å²) in [5, 5.41) is 0. The fourth-order valence-electron chi connectivity index (χ4n) is 3.82. The molecular formula is C21H20F6. The van der Waals surface area contributed by atoms with Gasteiger partial charge in [0.05, 0.1) is 0 Å². The quantitative estimate of drug-likeness (QED) is 0.437. The van der Waals surface area contributed by atoms with Crippen LogP contribution in [0.3, 0.4) is 0 Å². The Bertz CT molecular complexity index is 827. The molecule has 1 aliphatic rings. The lowest BCUT2D eigenvalue weighted by Crippen LogP contribution is -2.52. The van der Waals surface area contributed by atoms with E-state index in [-0.39, 0.29) is 11.1 Å². The second-order valence-corrected chi connectivity index (χ2v) is 7.62. The van der Waals surface area contributed by atoms with E-state index in [1.165, 1.54) is 12.1 Å². The van der Waals surface area contributed by atoms with Crippen LogP contribution < -0.4 is 0 Å². The molecule has 0 amide bonds. The lowest BCUT2D eigenvalue weighted by Gasteiger charge is -2.37. The molecule has 3 rings (SSSR count). The van der Waals surface area contributed by atoms with Crippen LogP contribution >= 0.6 is 0 Å². The highest BCUT2D eigenvalue weighted by Crippen LogP contribution is 2.57. The van der Waals surface area contributed by atoms with Gasteiger partial charge in [0.25, 0.3) is 0 Å². The monoisotopic (exact) mass is 386 g/mol. The van der Waals surface area contributed by atoms with Gasteiger partial charge in [-0.3, -0.25) is 0 Å². The number of hydrogen-bond acceptors (Lipinski definition) is 0. The van der Waals surface area contributed by atoms with E-state index in [9.17, 15) is 26.3 Å². The standard InChI is InChI=1S/C21H20F6/c1-11-5-15-9-19(20(22,23)24,21(25,26)27)10-16-6-12(2)14(4)8-18(16)17(15)7-13(11)3/h5-8H,9-10H2,1-4H3. The summed E-state index contributed by atoms with van der Waals surface area (Å²) in [5.41, 5.74) is 0.346. The van der Waals surface area contributed by atoms with Gasteiger partial charge >= 0.3 is 12.4 Å². The number of fused-ring (bicyclic) bond motifs is 3. The van der Waals surface area contributed by atoms with Crippen molar-refractivity contribution in [2.24, 2.45) is 5.41 Å². The molecule has 0 radical (unpaired) electrons. The Kier molecular flexibility index (Phi) is 4.40. The zero-order valence-corrected chi connectivity index (χ0v) is 15.5. The van der Waals surface area contributed by atoms with Gasteiger partial charge in [0.1, 0.15) is 0 Å². The Morgan fingerprint density at radius 2 is 0.889 bits per heavy atom. The van der Waals surface area contributed by atoms with Crippen molar-refractivity contribution in [1.82, 2.24) is 0 Å². The maximum atomic E-state index is 13.9. The van der Waals surface area contributed by atoms with Crippen LogP contribution in [0.15, 0.2) is 24.3 Å². The summed E-state index contributed by atoms with van der Waals surface area (Å²) in [6.07, 6.45) is -13.0. The molecule has 6 heteroatoms. The Hall–Kier alpha value is -1.98. The maximum Gasteiger partial charge on any atom is 0.403 e. The zero-order valence-electron chi connectivity index (χ0n) is 15.5. The van der Waals surface area contributed by atoms with Crippen LogP contribution in [0.4, 0.5) is 26.3 Å². The molecule has 2 aromatic carbocycles. The third-order valence-corrected chi connectivity index (χ3v) is 5.80. The Morgan fingerprint density at radius 3 is 1.19 bits per heavy atom. The van der Waals surface area contributed by atoms with Gasteiger partial charge in [0, 0.05) is 0 Å². The summed E-state index contributed by atoms with van der Waals surface area (Å²) in [6, 6.07) is 6.37. The first-order valence-corrected chi connectivity index (χ1v) is 8.61. The second kappa shape index (κ2) is 6.01. The van der Waals surface area contributed by atoms with Crippen LogP contribution in [0.1, 0.15) is 33.4 Å². The largest absolute Gasteiger partial charge is 0.403 e. The first-order valence-electron chi connectivity index (χ1n) is 8.61. The van der Waals surface area contributed by atoms with Crippen LogP contribution in [0.2, 0.25) is 0 Å². The topological polar surface area (TPSA) is 0 Å². The van der Waals surface area contributed by atoms with Crippen LogP contribution in [0, 0.1) is 33.1 Å². The third kappa shape index (κ3) is 3.03. The van der Waals surface area contributed by atoms with E-state index >= 15 is 0 Å². The van der Waals surface area contributed by atoms with Crippen LogP contribution in [0.25, 0.3) is 11.1 Å². The smallest absolute Gasteiger partial charge is 0.170 e. The molecule has 1 aliphatic carbocycles. The number of rotatable bonds is 0. The average Bonchev–Trinajstić information content (AvgIpc) is 2.63. The van der Waals surface area contributed by atoms with Crippen molar-refractivity contribution >= 4 is 0 Å². The van der Waals surface area contributed by atoms with E-state index < -0.39 is 30.6 Å². The highest BCUT2D eigenvalue weighted by Gasteiger charge is 2.70. The molecule has 0 bridgehead atoms. The molecular weight excluding hydrogens is 366 g/mol. The minimum Gasteiger partial charge on any atom is -0.170 e. The van der Waals surface area contributed by atoms with E-state index in [0.29, 0.717) is 22.3 Å². The predicted octanol–water partition coefficient (Wildman–Crippen LogP) is 6.80. The first kappa shape index (κ1) is 19.8. The second-order valence-electron chi connectivity index (χ2n) is 7.62. The van der Waals surface area contributed by atoms with Gasteiger partial charge in [-0.1, -0.05) is 24.3 Å². The highest BCUT2D eigenvalue weighted by atomic mass is 19.4. The van der Waals surface area contributed by atoms with Crippen LogP contribution in [-0.2, 0) is 12.8 Å². The number of hydrogen-bond donors (Lipinski definition) is 0. The van der Waals surface area contributed by atoms with Gasteiger partial charge in [-0.2, -0.15) is 26.3 Å². The minimum absolute atomic E-state index is 0.0924. The maximum absolute atomic E-state index is 13.9. The van der Waals surface area contributed by atoms with Gasteiger partial charge < -0.3 is 0 Å². The van der Waals surface area contributed by atoms with Gasteiger partial charge in [-0.05, 0) is 85.0 Å². The molecule has 0 saturated heterocycles. The fourth-order valence-corrected chi connectivity index (χ4v) is 3.82. The van der Waals surface area contributed by atoms with E-state index in [1.807, 2.05) is 13.8 Å². The van der Waals surface area contributed by atoms with Crippen molar-refractivity contribution in [2.75, 3.05) is 0 Å². The third-order valence-electron chi connectivity index (χ3n) is 5.80. The summed E-state index contributed by atoms with van der Waals surface area (Å²) < 4.78 is 83.4. The summed E-state index contributed by atoms with van der Waals surface area (Å²) in [4.78, 5) is 0. The predicted molar refractivity (Wildman–Crippen MR) is 92.8 cm³/mol. The van der Waals surface area contributed by atoms with Gasteiger partial charge in [-0.25, -0.2) is 0 Å². The molecule has 27 heavy (non-hydrogen) atoms. The van der Waals surface area contributed by atoms with E-state index in [1.54, 1.807) is 26.0 Å². The van der Waals surface area contributed by atoms with Gasteiger partial charge in [0.2, 0.25) is 0 Å². The molecule has 0 aromatic heterocycles. The Balaban J connectivity index is 2.43. The van der Waals surface area contributed by atoms with Crippen molar-refractivity contribution in [3.8, 4) is 11.1 Å². The molecule has 2 aromatic rings. The van der Waals surface area contributed by atoms with E-state index in [2.05, 4.69) is 0 Å². The first-order chi connectivity index (χ1) is 12.3. The minimum atomic E-state index is -5.41. The zero-order chi connectivity index (χ0) is 20.4. The number of aryl methyl sites for hydroxylation is 4. The number of benzene rings is 2. The van der Waals surface area contributed by atoms with E-state index in [4.69, 9.17) is 0 Å². The molecule has 0 spiro atoms. The van der Waals surface area contributed by atoms with Crippen molar-refractivity contribution in [2.45, 2.75) is 52.9 Å². The lowest BCUT2D eigenvalue weighted by atomic mass is 9.76. The fraction of sp³-hybridized carbons (Fsp3) is 0.429. The van der Waals surface area contributed by atoms with E-state index in [0.717, 1.165) is 11.1 Å². The van der Waals surface area contributed by atoms with Crippen molar-refractivity contribution in [3.05, 3.63) is 57.6 Å². The average molecular weight is 386 g/mol. The molecule has 0 N–H and O–H groups in total. The number of alkyl halides is 6.